The molecule has 0 saturated carbocycles. The first-order chi connectivity index (χ1) is 8.36. The molecule has 0 spiro atoms. The Kier molecular flexibility index (Phi) is 2.65. The second kappa shape index (κ2) is 4.17. The lowest BCUT2D eigenvalue weighted by Crippen LogP contribution is -2.44. The van der Waals surface area contributed by atoms with Crippen molar-refractivity contribution in [2.75, 3.05) is 6.79 Å². The maximum Gasteiger partial charge on any atom is 0.332 e. The molecule has 0 aromatic heterocycles. The van der Waals surface area contributed by atoms with Gasteiger partial charge in [-0.15, -0.1) is 0 Å². The van der Waals surface area contributed by atoms with Crippen LogP contribution in [0.4, 0.5) is 0 Å². The number of rotatable bonds is 3. The number of hydrogen-bond donors (Lipinski definition) is 0. The summed E-state index contributed by atoms with van der Waals surface area (Å²) in [6.07, 6.45) is 0. The van der Waals surface area contributed by atoms with Crippen LogP contribution >= 0.6 is 8.69 Å². The summed E-state index contributed by atoms with van der Waals surface area (Å²) in [6.45, 7) is 0.138. The zero-order chi connectivity index (χ0) is 11.7. The molecule has 1 aliphatic rings. The van der Waals surface area contributed by atoms with E-state index in [1.54, 1.807) is 0 Å². The molecule has 5 heteroatoms. The predicted octanol–water partition coefficient (Wildman–Crippen LogP) is 3.18. The van der Waals surface area contributed by atoms with Gasteiger partial charge in [0.1, 0.15) is 0 Å². The molecule has 0 bridgehead atoms. The second-order valence-corrected chi connectivity index (χ2v) is 3.99. The minimum absolute atomic E-state index is 0.138. The zero-order valence-corrected chi connectivity index (χ0v) is 9.72. The second-order valence-electron chi connectivity index (χ2n) is 3.66. The van der Waals surface area contributed by atoms with Crippen molar-refractivity contribution in [1.82, 2.24) is 0 Å². The van der Waals surface area contributed by atoms with Crippen LogP contribution in [0.1, 0.15) is 5.56 Å². The lowest BCUT2D eigenvalue weighted by molar-refractivity contribution is -0.487. The van der Waals surface area contributed by atoms with Gasteiger partial charge in [0.15, 0.2) is 6.79 Å². The molecule has 0 amide bonds. The van der Waals surface area contributed by atoms with Crippen LogP contribution in [0.5, 0.6) is 0 Å². The van der Waals surface area contributed by atoms with Gasteiger partial charge < -0.3 is 0 Å². The Hall–Kier alpha value is -1.32. The van der Waals surface area contributed by atoms with Crippen molar-refractivity contribution in [3.05, 3.63) is 48.0 Å². The SMILES string of the molecule is O=POC1(c2cccc3ccccc23)OCO1. The minimum Gasteiger partial charge on any atom is -0.296 e. The van der Waals surface area contributed by atoms with Crippen molar-refractivity contribution in [1.29, 1.82) is 0 Å². The molecule has 1 heterocycles. The summed E-state index contributed by atoms with van der Waals surface area (Å²) < 4.78 is 26.3. The number of benzene rings is 2. The van der Waals surface area contributed by atoms with Crippen LogP contribution in [-0.2, 0) is 24.5 Å². The normalized spacial score (nSPS) is 18.1. The van der Waals surface area contributed by atoms with Gasteiger partial charge in [0.2, 0.25) is 0 Å². The van der Waals surface area contributed by atoms with Crippen molar-refractivity contribution < 1.29 is 18.6 Å². The first kappa shape index (κ1) is 10.8. The molecule has 2 aromatic rings. The van der Waals surface area contributed by atoms with Gasteiger partial charge in [-0.25, -0.2) is 9.09 Å². The molecular formula is C12H9O4P. The number of hydrogen-bond acceptors (Lipinski definition) is 4. The molecule has 2 aromatic carbocycles. The van der Waals surface area contributed by atoms with Crippen LogP contribution < -0.4 is 0 Å². The van der Waals surface area contributed by atoms with Crippen molar-refractivity contribution >= 4 is 19.5 Å². The van der Waals surface area contributed by atoms with Crippen molar-refractivity contribution in [2.45, 2.75) is 5.97 Å². The average Bonchev–Trinajstić information content (AvgIpc) is 2.33. The van der Waals surface area contributed by atoms with Crippen LogP contribution in [0, 0.1) is 0 Å². The Morgan fingerprint density at radius 2 is 1.88 bits per heavy atom. The molecule has 0 radical (unpaired) electrons. The van der Waals surface area contributed by atoms with Gasteiger partial charge in [0.25, 0.3) is 0 Å². The third-order valence-electron chi connectivity index (χ3n) is 2.77. The van der Waals surface area contributed by atoms with Gasteiger partial charge in [-0.1, -0.05) is 42.5 Å². The van der Waals surface area contributed by atoms with Crippen LogP contribution in [-0.4, -0.2) is 6.79 Å². The first-order valence-electron chi connectivity index (χ1n) is 5.13. The van der Waals surface area contributed by atoms with E-state index in [9.17, 15) is 4.57 Å². The van der Waals surface area contributed by atoms with Crippen LogP contribution in [0.25, 0.3) is 10.8 Å². The highest BCUT2D eigenvalue weighted by Gasteiger charge is 2.45. The Morgan fingerprint density at radius 3 is 2.59 bits per heavy atom. The first-order valence-corrected chi connectivity index (χ1v) is 5.86. The summed E-state index contributed by atoms with van der Waals surface area (Å²) in [4.78, 5) is 0. The average molecular weight is 248 g/mol. The molecule has 1 saturated heterocycles. The van der Waals surface area contributed by atoms with Crippen molar-refractivity contribution in [3.63, 3.8) is 0 Å². The Balaban J connectivity index is 2.19. The summed E-state index contributed by atoms with van der Waals surface area (Å²) in [7, 11) is -0.474. The maximum atomic E-state index is 10.6. The molecule has 0 atom stereocenters. The fourth-order valence-corrected chi connectivity index (χ4v) is 2.27. The standard InChI is InChI=1S/C12H9O4P/c13-17-16-12(14-8-15-12)11-7-3-5-9-4-1-2-6-10(9)11/h1-7H,8H2. The number of ether oxygens (including phenoxy) is 2. The Morgan fingerprint density at radius 1 is 1.12 bits per heavy atom. The van der Waals surface area contributed by atoms with Crippen LogP contribution in [0.2, 0.25) is 0 Å². The molecule has 86 valence electrons. The summed E-state index contributed by atoms with van der Waals surface area (Å²) >= 11 is 0. The lowest BCUT2D eigenvalue weighted by atomic mass is 10.0. The lowest BCUT2D eigenvalue weighted by Gasteiger charge is -2.38. The largest absolute Gasteiger partial charge is 0.332 e. The van der Waals surface area contributed by atoms with E-state index in [0.29, 0.717) is 0 Å². The minimum atomic E-state index is -1.33. The van der Waals surface area contributed by atoms with Gasteiger partial charge >= 0.3 is 14.7 Å². The van der Waals surface area contributed by atoms with E-state index in [-0.39, 0.29) is 6.79 Å². The molecule has 17 heavy (non-hydrogen) atoms. The van der Waals surface area contributed by atoms with E-state index in [4.69, 9.17) is 14.0 Å². The van der Waals surface area contributed by atoms with Crippen LogP contribution in [0.15, 0.2) is 42.5 Å². The van der Waals surface area contributed by atoms with E-state index in [2.05, 4.69) is 0 Å². The quantitative estimate of drug-likeness (QED) is 0.782. The molecule has 4 nitrogen and oxygen atoms in total. The van der Waals surface area contributed by atoms with Gasteiger partial charge in [0, 0.05) is 5.56 Å². The Bertz CT molecular complexity index is 560. The zero-order valence-electron chi connectivity index (χ0n) is 8.83. The highest BCUT2D eigenvalue weighted by molar-refractivity contribution is 7.17. The highest BCUT2D eigenvalue weighted by Crippen LogP contribution is 2.41. The summed E-state index contributed by atoms with van der Waals surface area (Å²) in [5.74, 6) is -1.33. The van der Waals surface area contributed by atoms with E-state index < -0.39 is 14.7 Å². The third-order valence-corrected chi connectivity index (χ3v) is 3.09. The third kappa shape index (κ3) is 1.66. The fourth-order valence-electron chi connectivity index (χ4n) is 1.96. The summed E-state index contributed by atoms with van der Waals surface area (Å²) in [5, 5.41) is 2.01. The summed E-state index contributed by atoms with van der Waals surface area (Å²) in [5.41, 5.74) is 0.727. The molecule has 1 fully saturated rings. The molecule has 0 unspecified atom stereocenters. The number of fused-ring (bicyclic) bond motifs is 1. The van der Waals surface area contributed by atoms with E-state index in [1.165, 1.54) is 0 Å². The summed E-state index contributed by atoms with van der Waals surface area (Å²) in [6, 6.07) is 13.5. The molecule has 1 aliphatic heterocycles. The smallest absolute Gasteiger partial charge is 0.296 e. The maximum absolute atomic E-state index is 10.6. The van der Waals surface area contributed by atoms with Gasteiger partial charge in [-0.05, 0) is 10.8 Å². The van der Waals surface area contributed by atoms with Gasteiger partial charge in [-0.2, -0.15) is 0 Å². The van der Waals surface area contributed by atoms with E-state index >= 15 is 0 Å². The van der Waals surface area contributed by atoms with E-state index in [0.717, 1.165) is 16.3 Å². The highest BCUT2D eigenvalue weighted by atomic mass is 31.1. The molecule has 0 N–H and O–H groups in total. The predicted molar refractivity (Wildman–Crippen MR) is 61.4 cm³/mol. The van der Waals surface area contributed by atoms with Gasteiger partial charge in [0.05, 0.1) is 0 Å². The van der Waals surface area contributed by atoms with Crippen molar-refractivity contribution in [3.8, 4) is 0 Å². The topological polar surface area (TPSA) is 44.8 Å². The van der Waals surface area contributed by atoms with E-state index in [1.807, 2.05) is 42.5 Å². The molecule has 0 aliphatic carbocycles. The van der Waals surface area contributed by atoms with Crippen LogP contribution in [0.3, 0.4) is 0 Å². The fraction of sp³-hybridized carbons (Fsp3) is 0.167. The van der Waals surface area contributed by atoms with Gasteiger partial charge in [-0.3, -0.25) is 9.47 Å². The monoisotopic (exact) mass is 248 g/mol. The van der Waals surface area contributed by atoms with Crippen molar-refractivity contribution in [2.24, 2.45) is 0 Å². The Labute approximate surface area is 99.4 Å². The molecular weight excluding hydrogens is 239 g/mol. The molecule has 3 rings (SSSR count).